The summed E-state index contributed by atoms with van der Waals surface area (Å²) in [6, 6.07) is 1.07. The second kappa shape index (κ2) is 16.5. The molecule has 0 aromatic rings. The highest BCUT2D eigenvalue weighted by Gasteiger charge is 2.19. The summed E-state index contributed by atoms with van der Waals surface area (Å²) in [5, 5.41) is 15.6. The molecule has 0 spiro atoms. The molecule has 0 amide bonds. The molecule has 1 unspecified atom stereocenters. The molecule has 0 radical (unpaired) electrons. The van der Waals surface area contributed by atoms with E-state index in [9.17, 15) is 9.59 Å². The SMILES string of the molecule is C1CCC(NC2CCCCC2)CC1.CCOC(=O)/C=C(\C)NC(CCSC)C(=O)O. The number of carbonyl (C=O) groups is 2. The zero-order valence-electron chi connectivity index (χ0n) is 19.1. The van der Waals surface area contributed by atoms with E-state index in [2.05, 4.69) is 10.6 Å². The third kappa shape index (κ3) is 12.5. The highest BCUT2D eigenvalue weighted by Crippen LogP contribution is 2.22. The largest absolute Gasteiger partial charge is 0.480 e. The molecule has 1 atom stereocenters. The van der Waals surface area contributed by atoms with Gasteiger partial charge in [-0.2, -0.15) is 11.8 Å². The fourth-order valence-corrected chi connectivity index (χ4v) is 4.51. The number of carbonyl (C=O) groups excluding carboxylic acids is 1. The van der Waals surface area contributed by atoms with Crippen molar-refractivity contribution in [3.63, 3.8) is 0 Å². The second-order valence-electron chi connectivity index (χ2n) is 8.23. The third-order valence-electron chi connectivity index (χ3n) is 5.61. The van der Waals surface area contributed by atoms with E-state index in [1.165, 1.54) is 70.3 Å². The number of hydrogen-bond acceptors (Lipinski definition) is 6. The molecule has 0 aliphatic heterocycles. The maximum absolute atomic E-state index is 11.1. The van der Waals surface area contributed by atoms with Gasteiger partial charge in [-0.15, -0.1) is 0 Å². The predicted octanol–water partition coefficient (Wildman–Crippen LogP) is 4.49. The summed E-state index contributed by atoms with van der Waals surface area (Å²) in [5.74, 6) is -0.640. The number of esters is 1. The van der Waals surface area contributed by atoms with Crippen molar-refractivity contribution in [2.24, 2.45) is 0 Å². The van der Waals surface area contributed by atoms with Crippen LogP contribution in [-0.2, 0) is 14.3 Å². The molecular weight excluding hydrogens is 400 g/mol. The maximum atomic E-state index is 11.1. The minimum Gasteiger partial charge on any atom is -0.480 e. The summed E-state index contributed by atoms with van der Waals surface area (Å²) in [4.78, 5) is 22.1. The lowest BCUT2D eigenvalue weighted by Gasteiger charge is -2.30. The molecule has 0 aromatic carbocycles. The van der Waals surface area contributed by atoms with Gasteiger partial charge in [0.15, 0.2) is 0 Å². The zero-order valence-corrected chi connectivity index (χ0v) is 19.9. The Kier molecular flexibility index (Phi) is 14.7. The molecular formula is C23H42N2O4S. The van der Waals surface area contributed by atoms with E-state index in [-0.39, 0.29) is 0 Å². The Balaban J connectivity index is 0.000000308. The zero-order chi connectivity index (χ0) is 22.2. The van der Waals surface area contributed by atoms with Crippen LogP contribution in [0.15, 0.2) is 11.8 Å². The van der Waals surface area contributed by atoms with Crippen LogP contribution in [0.5, 0.6) is 0 Å². The first-order valence-electron chi connectivity index (χ1n) is 11.6. The Bertz CT molecular complexity index is 499. The van der Waals surface area contributed by atoms with E-state index in [4.69, 9.17) is 9.84 Å². The second-order valence-corrected chi connectivity index (χ2v) is 9.22. The number of rotatable bonds is 10. The minimum atomic E-state index is -0.921. The molecule has 0 bridgehead atoms. The van der Waals surface area contributed by atoms with Crippen LogP contribution in [0.1, 0.15) is 84.5 Å². The summed E-state index contributed by atoms with van der Waals surface area (Å²) in [6.45, 7) is 3.66. The van der Waals surface area contributed by atoms with Gasteiger partial charge in [0.2, 0.25) is 0 Å². The Morgan fingerprint density at radius 3 is 2.03 bits per heavy atom. The molecule has 3 N–H and O–H groups in total. The van der Waals surface area contributed by atoms with E-state index in [1.54, 1.807) is 25.6 Å². The summed E-state index contributed by atoms with van der Waals surface area (Å²) in [7, 11) is 0. The number of thioether (sulfide) groups is 1. The summed E-state index contributed by atoms with van der Waals surface area (Å²) in [6.07, 6.45) is 18.2. The minimum absolute atomic E-state index is 0.303. The quantitative estimate of drug-likeness (QED) is 0.339. The highest BCUT2D eigenvalue weighted by atomic mass is 32.2. The van der Waals surface area contributed by atoms with Crippen LogP contribution in [0.3, 0.4) is 0 Å². The van der Waals surface area contributed by atoms with Crippen molar-refractivity contribution in [2.45, 2.75) is 103 Å². The van der Waals surface area contributed by atoms with Gasteiger partial charge >= 0.3 is 11.9 Å². The average Bonchev–Trinajstić information content (AvgIpc) is 2.73. The fourth-order valence-electron chi connectivity index (χ4n) is 4.04. The number of carboxylic acids is 1. The van der Waals surface area contributed by atoms with E-state index in [0.717, 1.165) is 17.8 Å². The maximum Gasteiger partial charge on any atom is 0.332 e. The van der Waals surface area contributed by atoms with Crippen molar-refractivity contribution in [1.29, 1.82) is 0 Å². The Morgan fingerprint density at radius 2 is 1.60 bits per heavy atom. The van der Waals surface area contributed by atoms with Crippen LogP contribution >= 0.6 is 11.8 Å². The molecule has 0 heterocycles. The van der Waals surface area contributed by atoms with E-state index >= 15 is 0 Å². The van der Waals surface area contributed by atoms with Crippen LogP contribution in [-0.4, -0.2) is 53.8 Å². The fraction of sp³-hybridized carbons (Fsp3) is 0.826. The van der Waals surface area contributed by atoms with Crippen molar-refractivity contribution in [3.05, 3.63) is 11.8 Å². The smallest absolute Gasteiger partial charge is 0.332 e. The molecule has 2 aliphatic rings. The average molecular weight is 443 g/mol. The summed E-state index contributed by atoms with van der Waals surface area (Å²) in [5.41, 5.74) is 0.497. The monoisotopic (exact) mass is 442 g/mol. The van der Waals surface area contributed by atoms with Gasteiger partial charge < -0.3 is 20.5 Å². The molecule has 174 valence electrons. The first kappa shape index (κ1) is 26.8. The van der Waals surface area contributed by atoms with Crippen LogP contribution < -0.4 is 10.6 Å². The number of ether oxygens (including phenoxy) is 1. The van der Waals surface area contributed by atoms with Crippen molar-refractivity contribution in [3.8, 4) is 0 Å². The van der Waals surface area contributed by atoms with Gasteiger partial charge in [0, 0.05) is 23.9 Å². The number of aliphatic carboxylic acids is 1. The molecule has 2 fully saturated rings. The third-order valence-corrected chi connectivity index (χ3v) is 6.26. The molecule has 2 rings (SSSR count). The molecule has 2 saturated carbocycles. The Labute approximate surface area is 187 Å². The van der Waals surface area contributed by atoms with E-state index in [0.29, 0.717) is 18.7 Å². The number of nitrogens with one attached hydrogen (secondary N) is 2. The standard InChI is InChI=1S/C12H23N.C11H19NO4S/c1-3-7-11(8-4-1)13-12-9-5-2-6-10-12;1-4-16-10(13)7-8(2)12-9(11(14)15)5-6-17-3/h11-13H,1-10H2;7,9,12H,4-6H2,1-3H3,(H,14,15)/b;8-7+. The van der Waals surface area contributed by atoms with Crippen molar-refractivity contribution >= 4 is 23.7 Å². The Morgan fingerprint density at radius 1 is 1.07 bits per heavy atom. The Hall–Kier alpha value is -1.21. The molecule has 30 heavy (non-hydrogen) atoms. The van der Waals surface area contributed by atoms with Gasteiger partial charge in [0.05, 0.1) is 6.61 Å². The normalized spacial score (nSPS) is 19.4. The number of allylic oxidation sites excluding steroid dienone is 1. The van der Waals surface area contributed by atoms with Gasteiger partial charge in [-0.3, -0.25) is 0 Å². The lowest BCUT2D eigenvalue weighted by atomic mass is 9.91. The van der Waals surface area contributed by atoms with Crippen LogP contribution in [0.25, 0.3) is 0 Å². The van der Waals surface area contributed by atoms with Crippen molar-refractivity contribution in [1.82, 2.24) is 10.6 Å². The van der Waals surface area contributed by atoms with Gasteiger partial charge in [0.1, 0.15) is 6.04 Å². The van der Waals surface area contributed by atoms with Crippen LogP contribution in [0.4, 0.5) is 0 Å². The molecule has 2 aliphatic carbocycles. The first-order valence-corrected chi connectivity index (χ1v) is 12.9. The van der Waals surface area contributed by atoms with Gasteiger partial charge in [-0.05, 0) is 58.0 Å². The summed E-state index contributed by atoms with van der Waals surface area (Å²) < 4.78 is 4.73. The molecule has 7 heteroatoms. The molecule has 0 aromatic heterocycles. The van der Waals surface area contributed by atoms with E-state index in [1.807, 2.05) is 6.26 Å². The van der Waals surface area contributed by atoms with Crippen molar-refractivity contribution in [2.75, 3.05) is 18.6 Å². The van der Waals surface area contributed by atoms with E-state index < -0.39 is 18.0 Å². The highest BCUT2D eigenvalue weighted by molar-refractivity contribution is 7.98. The molecule has 6 nitrogen and oxygen atoms in total. The topological polar surface area (TPSA) is 87.7 Å². The predicted molar refractivity (Wildman–Crippen MR) is 125 cm³/mol. The van der Waals surface area contributed by atoms with Crippen LogP contribution in [0.2, 0.25) is 0 Å². The van der Waals surface area contributed by atoms with Gasteiger partial charge in [-0.1, -0.05) is 38.5 Å². The number of hydrogen-bond donors (Lipinski definition) is 3. The number of carboxylic acid groups (broad SMARTS) is 1. The molecule has 0 saturated heterocycles. The van der Waals surface area contributed by atoms with Crippen LogP contribution in [0, 0.1) is 0 Å². The van der Waals surface area contributed by atoms with Gasteiger partial charge in [0.25, 0.3) is 0 Å². The summed E-state index contributed by atoms with van der Waals surface area (Å²) >= 11 is 1.58. The van der Waals surface area contributed by atoms with Gasteiger partial charge in [-0.25, -0.2) is 9.59 Å². The lowest BCUT2D eigenvalue weighted by Crippen LogP contribution is -2.40. The lowest BCUT2D eigenvalue weighted by molar-refractivity contribution is -0.140. The van der Waals surface area contributed by atoms with Crippen molar-refractivity contribution < 1.29 is 19.4 Å². The first-order chi connectivity index (χ1) is 14.5.